The van der Waals surface area contributed by atoms with Crippen molar-refractivity contribution in [2.45, 2.75) is 6.92 Å². The molecule has 0 aromatic heterocycles. The van der Waals surface area contributed by atoms with E-state index in [-0.39, 0.29) is 11.3 Å². The molecule has 0 fully saturated rings. The molecule has 0 radical (unpaired) electrons. The lowest BCUT2D eigenvalue weighted by Crippen LogP contribution is -2.01. The molecule has 0 aliphatic rings. The summed E-state index contributed by atoms with van der Waals surface area (Å²) in [5, 5.41) is 14.7. The van der Waals surface area contributed by atoms with E-state index in [0.717, 1.165) is 6.07 Å². The molecule has 7 heteroatoms. The number of anilines is 1. The minimum absolute atomic E-state index is 0.0762. The summed E-state index contributed by atoms with van der Waals surface area (Å²) >= 11 is 17.8. The molecule has 0 heterocycles. The van der Waals surface area contributed by atoms with Gasteiger partial charge in [-0.2, -0.15) is 5.10 Å². The van der Waals surface area contributed by atoms with Crippen molar-refractivity contribution in [3.8, 4) is 5.75 Å². The van der Waals surface area contributed by atoms with E-state index in [9.17, 15) is 9.50 Å². The minimum atomic E-state index is -0.472. The molecule has 0 unspecified atom stereocenters. The Bertz CT molecular complexity index is 696. The van der Waals surface area contributed by atoms with Crippen molar-refractivity contribution in [2.75, 3.05) is 5.43 Å². The Kier molecular flexibility index (Phi) is 4.93. The molecule has 110 valence electrons. The zero-order chi connectivity index (χ0) is 15.6. The van der Waals surface area contributed by atoms with Gasteiger partial charge in [-0.3, -0.25) is 5.43 Å². The van der Waals surface area contributed by atoms with Gasteiger partial charge in [0.15, 0.2) is 0 Å². The second kappa shape index (κ2) is 6.52. The standard InChI is InChI=1S/C14H10Cl3FN2O/c1-7(10-6-9(18)2-3-13(10)21)19-20-14-11(16)4-8(15)5-12(14)17/h2-6,20-21H,1H3. The van der Waals surface area contributed by atoms with Gasteiger partial charge in [-0.15, -0.1) is 0 Å². The zero-order valence-corrected chi connectivity index (χ0v) is 13.1. The molecule has 0 saturated carbocycles. The highest BCUT2D eigenvalue weighted by Crippen LogP contribution is 2.33. The third-order valence-corrected chi connectivity index (χ3v) is 3.51. The number of hydrazone groups is 1. The summed E-state index contributed by atoms with van der Waals surface area (Å²) in [5.41, 5.74) is 3.70. The molecule has 2 aromatic rings. The van der Waals surface area contributed by atoms with Gasteiger partial charge in [0.05, 0.1) is 21.4 Å². The summed E-state index contributed by atoms with van der Waals surface area (Å²) < 4.78 is 13.2. The maximum atomic E-state index is 13.2. The predicted molar refractivity (Wildman–Crippen MR) is 85.4 cm³/mol. The van der Waals surface area contributed by atoms with Crippen molar-refractivity contribution >= 4 is 46.2 Å². The van der Waals surface area contributed by atoms with Gasteiger partial charge < -0.3 is 5.11 Å². The minimum Gasteiger partial charge on any atom is -0.507 e. The molecule has 0 saturated heterocycles. The van der Waals surface area contributed by atoms with Crippen molar-refractivity contribution in [3.05, 3.63) is 56.8 Å². The van der Waals surface area contributed by atoms with E-state index in [4.69, 9.17) is 34.8 Å². The highest BCUT2D eigenvalue weighted by atomic mass is 35.5. The Hall–Kier alpha value is -1.49. The van der Waals surface area contributed by atoms with Crippen molar-refractivity contribution < 1.29 is 9.50 Å². The fourth-order valence-corrected chi connectivity index (χ4v) is 2.55. The largest absolute Gasteiger partial charge is 0.507 e. The number of hydrogen-bond donors (Lipinski definition) is 2. The van der Waals surface area contributed by atoms with Crippen LogP contribution >= 0.6 is 34.8 Å². The molecule has 0 spiro atoms. The Labute approximate surface area is 136 Å². The van der Waals surface area contributed by atoms with Gasteiger partial charge in [0.25, 0.3) is 0 Å². The number of nitrogens with zero attached hydrogens (tertiary/aromatic N) is 1. The van der Waals surface area contributed by atoms with Gasteiger partial charge in [0.1, 0.15) is 11.6 Å². The highest BCUT2D eigenvalue weighted by Gasteiger charge is 2.09. The van der Waals surface area contributed by atoms with Crippen LogP contribution < -0.4 is 5.43 Å². The van der Waals surface area contributed by atoms with Gasteiger partial charge in [-0.05, 0) is 37.3 Å². The van der Waals surface area contributed by atoms with Crippen molar-refractivity contribution in [3.63, 3.8) is 0 Å². The van der Waals surface area contributed by atoms with E-state index in [2.05, 4.69) is 10.5 Å². The quantitative estimate of drug-likeness (QED) is 0.582. The van der Waals surface area contributed by atoms with Crippen LogP contribution in [0.2, 0.25) is 15.1 Å². The van der Waals surface area contributed by atoms with Crippen molar-refractivity contribution in [1.29, 1.82) is 0 Å². The second-order valence-corrected chi connectivity index (χ2v) is 5.47. The summed E-state index contributed by atoms with van der Waals surface area (Å²) in [4.78, 5) is 0. The molecule has 2 rings (SSSR count). The molecule has 2 aromatic carbocycles. The monoisotopic (exact) mass is 346 g/mol. The summed E-state index contributed by atoms with van der Waals surface area (Å²) in [6.45, 7) is 1.61. The van der Waals surface area contributed by atoms with Crippen LogP contribution in [-0.2, 0) is 0 Å². The van der Waals surface area contributed by atoms with E-state index >= 15 is 0 Å². The molecule has 0 amide bonds. The SMILES string of the molecule is CC(=NNc1c(Cl)cc(Cl)cc1Cl)c1cc(F)ccc1O. The smallest absolute Gasteiger partial charge is 0.124 e. The number of halogens is 4. The van der Waals surface area contributed by atoms with Gasteiger partial charge >= 0.3 is 0 Å². The molecule has 21 heavy (non-hydrogen) atoms. The Balaban J connectivity index is 2.31. The van der Waals surface area contributed by atoms with E-state index < -0.39 is 5.82 Å². The van der Waals surface area contributed by atoms with E-state index in [1.165, 1.54) is 24.3 Å². The Morgan fingerprint density at radius 2 is 1.76 bits per heavy atom. The molecule has 0 aliphatic carbocycles. The third-order valence-electron chi connectivity index (χ3n) is 2.69. The molecule has 2 N–H and O–H groups in total. The number of phenols is 1. The summed E-state index contributed by atoms with van der Waals surface area (Å²) in [6, 6.07) is 6.63. The number of rotatable bonds is 3. The average Bonchev–Trinajstić information content (AvgIpc) is 2.40. The molecular formula is C14H10Cl3FN2O. The summed E-state index contributed by atoms with van der Waals surface area (Å²) in [7, 11) is 0. The molecule has 0 bridgehead atoms. The number of benzene rings is 2. The molecule has 0 atom stereocenters. The van der Waals surface area contributed by atoms with Gasteiger partial charge in [0.2, 0.25) is 0 Å². The Morgan fingerprint density at radius 3 is 2.38 bits per heavy atom. The number of phenolic OH excluding ortho intramolecular Hbond substituents is 1. The van der Waals surface area contributed by atoms with Gasteiger partial charge in [0, 0.05) is 10.6 Å². The van der Waals surface area contributed by atoms with Crippen LogP contribution in [0.3, 0.4) is 0 Å². The normalized spacial score (nSPS) is 11.6. The van der Waals surface area contributed by atoms with Crippen LogP contribution in [0.15, 0.2) is 35.4 Å². The number of nitrogens with one attached hydrogen (secondary N) is 1. The van der Waals surface area contributed by atoms with Crippen LogP contribution in [0.1, 0.15) is 12.5 Å². The second-order valence-electron chi connectivity index (χ2n) is 4.21. The topological polar surface area (TPSA) is 44.6 Å². The van der Waals surface area contributed by atoms with E-state index in [1.807, 2.05) is 0 Å². The first-order chi connectivity index (χ1) is 9.88. The fourth-order valence-electron chi connectivity index (χ4n) is 1.65. The Morgan fingerprint density at radius 1 is 1.14 bits per heavy atom. The van der Waals surface area contributed by atoms with Crippen LogP contribution in [0, 0.1) is 5.82 Å². The summed E-state index contributed by atoms with van der Waals surface area (Å²) in [5.74, 6) is -0.548. The highest BCUT2D eigenvalue weighted by molar-refractivity contribution is 6.41. The maximum absolute atomic E-state index is 13.2. The first-order valence-corrected chi connectivity index (χ1v) is 6.95. The molecule has 0 aliphatic heterocycles. The number of aromatic hydroxyl groups is 1. The lowest BCUT2D eigenvalue weighted by atomic mass is 10.1. The van der Waals surface area contributed by atoms with Crippen LogP contribution in [0.4, 0.5) is 10.1 Å². The third kappa shape index (κ3) is 3.79. The molecular weight excluding hydrogens is 338 g/mol. The van der Waals surface area contributed by atoms with Crippen LogP contribution in [0.25, 0.3) is 0 Å². The first kappa shape index (κ1) is 15.9. The maximum Gasteiger partial charge on any atom is 0.124 e. The van der Waals surface area contributed by atoms with Crippen LogP contribution in [-0.4, -0.2) is 10.8 Å². The first-order valence-electron chi connectivity index (χ1n) is 5.82. The lowest BCUT2D eigenvalue weighted by molar-refractivity contribution is 0.472. The fraction of sp³-hybridized carbons (Fsp3) is 0.0714. The van der Waals surface area contributed by atoms with E-state index in [1.54, 1.807) is 6.92 Å². The van der Waals surface area contributed by atoms with E-state index in [0.29, 0.717) is 26.5 Å². The zero-order valence-electron chi connectivity index (χ0n) is 10.8. The summed E-state index contributed by atoms with van der Waals surface area (Å²) in [6.07, 6.45) is 0. The number of hydrogen-bond acceptors (Lipinski definition) is 3. The lowest BCUT2D eigenvalue weighted by Gasteiger charge is -2.09. The molecule has 3 nitrogen and oxygen atoms in total. The van der Waals surface area contributed by atoms with Gasteiger partial charge in [-0.1, -0.05) is 34.8 Å². The average molecular weight is 348 g/mol. The predicted octanol–water partition coefficient (Wildman–Crippen LogP) is 5.33. The van der Waals surface area contributed by atoms with Crippen molar-refractivity contribution in [1.82, 2.24) is 0 Å². The van der Waals surface area contributed by atoms with Crippen molar-refractivity contribution in [2.24, 2.45) is 5.10 Å². The van der Waals surface area contributed by atoms with Gasteiger partial charge in [-0.25, -0.2) is 4.39 Å². The van der Waals surface area contributed by atoms with Crippen LogP contribution in [0.5, 0.6) is 5.75 Å².